The quantitative estimate of drug-likeness (QED) is 0.444. The number of carboxylic acid groups (broad SMARTS) is 1. The Morgan fingerprint density at radius 1 is 1.09 bits per heavy atom. The SMILES string of the molecule is Cc1nn2c(ncc3c(=O)n([C@@H](Cc4ccccc4)C(=O)O)ccc32)c1-c1ccc(F)cc1. The van der Waals surface area contributed by atoms with Gasteiger partial charge in [0.05, 0.1) is 16.6 Å². The van der Waals surface area contributed by atoms with Gasteiger partial charge in [-0.15, -0.1) is 0 Å². The summed E-state index contributed by atoms with van der Waals surface area (Å²) in [5, 5.41) is 14.6. The van der Waals surface area contributed by atoms with Crippen molar-refractivity contribution < 1.29 is 14.3 Å². The largest absolute Gasteiger partial charge is 0.480 e. The van der Waals surface area contributed by atoms with E-state index in [0.717, 1.165) is 16.7 Å². The molecule has 8 heteroatoms. The number of benzene rings is 2. The van der Waals surface area contributed by atoms with Crippen LogP contribution in [0.15, 0.2) is 77.9 Å². The van der Waals surface area contributed by atoms with Crippen molar-refractivity contribution in [3.63, 3.8) is 0 Å². The fourth-order valence-electron chi connectivity index (χ4n) is 4.13. The minimum atomic E-state index is -1.09. The van der Waals surface area contributed by atoms with Gasteiger partial charge in [-0.25, -0.2) is 18.7 Å². The molecule has 1 atom stereocenters. The number of pyridine rings is 1. The first-order chi connectivity index (χ1) is 15.9. The Hall–Kier alpha value is -4.33. The molecule has 0 aliphatic heterocycles. The molecular weight excluding hydrogens is 423 g/mol. The molecule has 3 aromatic heterocycles. The van der Waals surface area contributed by atoms with Gasteiger partial charge in [-0.3, -0.25) is 4.79 Å². The minimum Gasteiger partial charge on any atom is -0.480 e. The Labute approximate surface area is 187 Å². The number of nitrogens with zero attached hydrogens (tertiary/aromatic N) is 4. The average Bonchev–Trinajstić information content (AvgIpc) is 3.15. The van der Waals surface area contributed by atoms with Gasteiger partial charge in [0, 0.05) is 24.4 Å². The third-order valence-electron chi connectivity index (χ3n) is 5.74. The second-order valence-corrected chi connectivity index (χ2v) is 7.83. The molecule has 0 spiro atoms. The lowest BCUT2D eigenvalue weighted by molar-refractivity contribution is -0.141. The van der Waals surface area contributed by atoms with Gasteiger partial charge in [-0.1, -0.05) is 42.5 Å². The van der Waals surface area contributed by atoms with Crippen LogP contribution >= 0.6 is 0 Å². The molecule has 7 nitrogen and oxygen atoms in total. The Morgan fingerprint density at radius 2 is 1.82 bits per heavy atom. The molecule has 5 aromatic rings. The number of carbonyl (C=O) groups is 1. The molecule has 0 radical (unpaired) electrons. The Morgan fingerprint density at radius 3 is 2.52 bits per heavy atom. The predicted molar refractivity (Wildman–Crippen MR) is 122 cm³/mol. The van der Waals surface area contributed by atoms with Crippen molar-refractivity contribution >= 4 is 22.5 Å². The van der Waals surface area contributed by atoms with E-state index in [1.54, 1.807) is 22.7 Å². The third-order valence-corrected chi connectivity index (χ3v) is 5.74. The first-order valence-electron chi connectivity index (χ1n) is 10.4. The molecule has 5 rings (SSSR count). The van der Waals surface area contributed by atoms with E-state index in [-0.39, 0.29) is 17.6 Å². The molecule has 0 saturated heterocycles. The van der Waals surface area contributed by atoms with Crippen LogP contribution in [0, 0.1) is 12.7 Å². The van der Waals surface area contributed by atoms with Crippen molar-refractivity contribution in [3.8, 4) is 11.1 Å². The molecule has 0 unspecified atom stereocenters. The van der Waals surface area contributed by atoms with Gasteiger partial charge in [0.25, 0.3) is 5.56 Å². The summed E-state index contributed by atoms with van der Waals surface area (Å²) in [6, 6.07) is 15.8. The number of rotatable bonds is 5. The second kappa shape index (κ2) is 7.98. The Balaban J connectivity index is 1.65. The van der Waals surface area contributed by atoms with Crippen LogP contribution < -0.4 is 5.56 Å². The number of aromatic nitrogens is 4. The summed E-state index contributed by atoms with van der Waals surface area (Å²) in [6.45, 7) is 1.82. The van der Waals surface area contributed by atoms with Crippen LogP contribution in [0.3, 0.4) is 0 Å². The summed E-state index contributed by atoms with van der Waals surface area (Å²) in [6.07, 6.45) is 3.10. The van der Waals surface area contributed by atoms with E-state index in [4.69, 9.17) is 0 Å². The highest BCUT2D eigenvalue weighted by Gasteiger charge is 2.23. The number of hydrogen-bond acceptors (Lipinski definition) is 4. The summed E-state index contributed by atoms with van der Waals surface area (Å²) in [5.74, 6) is -1.43. The molecule has 3 heterocycles. The summed E-state index contributed by atoms with van der Waals surface area (Å²) in [4.78, 5) is 29.8. The van der Waals surface area contributed by atoms with Crippen molar-refractivity contribution in [2.75, 3.05) is 0 Å². The maximum absolute atomic E-state index is 13.4. The van der Waals surface area contributed by atoms with Crippen LogP contribution in [0.4, 0.5) is 4.39 Å². The normalized spacial score (nSPS) is 12.3. The van der Waals surface area contributed by atoms with Crippen LogP contribution in [0.25, 0.3) is 27.7 Å². The molecule has 0 fully saturated rings. The molecule has 0 aliphatic rings. The number of hydrogen-bond donors (Lipinski definition) is 1. The van der Waals surface area contributed by atoms with E-state index in [2.05, 4.69) is 10.1 Å². The first kappa shape index (κ1) is 20.6. The summed E-state index contributed by atoms with van der Waals surface area (Å²) >= 11 is 0. The molecule has 0 aliphatic carbocycles. The number of aliphatic carboxylic acids is 1. The highest BCUT2D eigenvalue weighted by Crippen LogP contribution is 2.29. The Bertz CT molecular complexity index is 1560. The van der Waals surface area contributed by atoms with Crippen molar-refractivity contribution in [2.24, 2.45) is 0 Å². The average molecular weight is 442 g/mol. The molecule has 0 bridgehead atoms. The first-order valence-corrected chi connectivity index (χ1v) is 10.4. The number of fused-ring (bicyclic) bond motifs is 3. The predicted octanol–water partition coefficient (Wildman–Crippen LogP) is 4.03. The summed E-state index contributed by atoms with van der Waals surface area (Å²) < 4.78 is 16.2. The van der Waals surface area contributed by atoms with E-state index in [1.165, 1.54) is 29.1 Å². The van der Waals surface area contributed by atoms with Crippen molar-refractivity contribution in [1.82, 2.24) is 19.2 Å². The zero-order valence-corrected chi connectivity index (χ0v) is 17.6. The van der Waals surface area contributed by atoms with Gasteiger partial charge in [-0.2, -0.15) is 5.10 Å². The highest BCUT2D eigenvalue weighted by atomic mass is 19.1. The number of aryl methyl sites for hydroxylation is 1. The van der Waals surface area contributed by atoms with Gasteiger partial charge < -0.3 is 9.67 Å². The van der Waals surface area contributed by atoms with E-state index in [0.29, 0.717) is 16.9 Å². The lowest BCUT2D eigenvalue weighted by Gasteiger charge is -2.16. The molecular formula is C25H19FN4O3. The van der Waals surface area contributed by atoms with Gasteiger partial charge in [-0.05, 0) is 36.2 Å². The van der Waals surface area contributed by atoms with Crippen LogP contribution in [0.5, 0.6) is 0 Å². The standard InChI is InChI=1S/C25H19FN4O3/c1-15-22(17-7-9-18(26)10-8-17)23-27-14-19-20(30(23)28-15)11-12-29(24(19)31)21(25(32)33)13-16-5-3-2-4-6-16/h2-12,14,21H,13H2,1H3,(H,32,33)/t21-/m0/s1. The molecule has 164 valence electrons. The van der Waals surface area contributed by atoms with Crippen LogP contribution in [-0.2, 0) is 11.2 Å². The van der Waals surface area contributed by atoms with E-state index in [9.17, 15) is 19.1 Å². The van der Waals surface area contributed by atoms with Crippen molar-refractivity contribution in [1.29, 1.82) is 0 Å². The molecule has 0 saturated carbocycles. The maximum atomic E-state index is 13.4. The molecule has 1 N–H and O–H groups in total. The zero-order chi connectivity index (χ0) is 23.1. The minimum absolute atomic E-state index is 0.173. The second-order valence-electron chi connectivity index (χ2n) is 7.83. The lowest BCUT2D eigenvalue weighted by atomic mass is 10.1. The smallest absolute Gasteiger partial charge is 0.327 e. The number of halogens is 1. The van der Waals surface area contributed by atoms with Crippen LogP contribution in [-0.4, -0.2) is 30.2 Å². The van der Waals surface area contributed by atoms with Gasteiger partial charge >= 0.3 is 5.97 Å². The molecule has 33 heavy (non-hydrogen) atoms. The summed E-state index contributed by atoms with van der Waals surface area (Å²) in [7, 11) is 0. The van der Waals surface area contributed by atoms with Gasteiger partial charge in [0.15, 0.2) is 5.65 Å². The maximum Gasteiger partial charge on any atom is 0.327 e. The fraction of sp³-hybridized carbons (Fsp3) is 0.120. The third kappa shape index (κ3) is 3.55. The monoisotopic (exact) mass is 442 g/mol. The molecule has 2 aromatic carbocycles. The van der Waals surface area contributed by atoms with Crippen LogP contribution in [0.2, 0.25) is 0 Å². The Kier molecular flexibility index (Phi) is 4.97. The highest BCUT2D eigenvalue weighted by molar-refractivity contribution is 5.86. The molecule has 0 amide bonds. The lowest BCUT2D eigenvalue weighted by Crippen LogP contribution is -2.31. The van der Waals surface area contributed by atoms with E-state index < -0.39 is 17.6 Å². The summed E-state index contributed by atoms with van der Waals surface area (Å²) in [5.41, 5.74) is 3.59. The van der Waals surface area contributed by atoms with E-state index in [1.807, 2.05) is 37.3 Å². The van der Waals surface area contributed by atoms with Crippen molar-refractivity contribution in [2.45, 2.75) is 19.4 Å². The van der Waals surface area contributed by atoms with Gasteiger partial charge in [0.1, 0.15) is 11.9 Å². The number of carboxylic acids is 1. The van der Waals surface area contributed by atoms with E-state index >= 15 is 0 Å². The topological polar surface area (TPSA) is 89.5 Å². The van der Waals surface area contributed by atoms with Gasteiger partial charge in [0.2, 0.25) is 0 Å². The van der Waals surface area contributed by atoms with Crippen molar-refractivity contribution in [3.05, 3.63) is 100 Å². The zero-order valence-electron chi connectivity index (χ0n) is 17.6. The van der Waals surface area contributed by atoms with Crippen LogP contribution in [0.1, 0.15) is 17.3 Å². The fourth-order valence-corrected chi connectivity index (χ4v) is 4.13.